The molecule has 1 aliphatic heterocycles. The van der Waals surface area contributed by atoms with Gasteiger partial charge in [0, 0.05) is 11.6 Å². The Bertz CT molecular complexity index is 619. The summed E-state index contributed by atoms with van der Waals surface area (Å²) in [4.78, 5) is 27.0. The van der Waals surface area contributed by atoms with Crippen LogP contribution in [0, 0.1) is 0 Å². The molecule has 1 aromatic rings. The summed E-state index contributed by atoms with van der Waals surface area (Å²) in [5, 5.41) is 5.96. The summed E-state index contributed by atoms with van der Waals surface area (Å²) in [7, 11) is 0. The topological polar surface area (TPSA) is 70.7 Å². The summed E-state index contributed by atoms with van der Waals surface area (Å²) in [6, 6.07) is 4.89. The van der Waals surface area contributed by atoms with Gasteiger partial charge in [0.1, 0.15) is 5.75 Å². The minimum atomic E-state index is -1.59. The first-order chi connectivity index (χ1) is 11.4. The average molecular weight is 354 g/mol. The Morgan fingerprint density at radius 3 is 2.75 bits per heavy atom. The van der Waals surface area contributed by atoms with Gasteiger partial charge in [-0.25, -0.2) is 0 Å². The molecule has 7 heteroatoms. The van der Waals surface area contributed by atoms with Gasteiger partial charge in [0.05, 0.1) is 5.69 Å². The number of ether oxygens (including phenoxy) is 1. The lowest BCUT2D eigenvalue weighted by Crippen LogP contribution is -2.58. The molecule has 2 N–H and O–H groups in total. The number of rotatable bonds is 7. The summed E-state index contributed by atoms with van der Waals surface area (Å²) in [5.74, 6) is -0.515. The van der Waals surface area contributed by atoms with E-state index in [1.807, 2.05) is 0 Å². The van der Waals surface area contributed by atoms with E-state index in [-0.39, 0.29) is 0 Å². The standard InChI is InChI=1S/C17H24ClN3O3/c1-4-21(5-2)10-6-9-19-15(22)17(3)16(23)20-13-11-12(18)7-8-14(13)24-17/h7-8,11H,4-6,9-10H2,1-3H3,(H,19,22)(H,20,23). The van der Waals surface area contributed by atoms with Gasteiger partial charge in [0.2, 0.25) is 0 Å². The first-order valence-electron chi connectivity index (χ1n) is 8.21. The number of hydrogen-bond acceptors (Lipinski definition) is 4. The lowest BCUT2D eigenvalue weighted by Gasteiger charge is -2.33. The lowest BCUT2D eigenvalue weighted by atomic mass is 10.0. The van der Waals surface area contributed by atoms with E-state index < -0.39 is 17.4 Å². The Morgan fingerprint density at radius 1 is 1.38 bits per heavy atom. The van der Waals surface area contributed by atoms with E-state index in [2.05, 4.69) is 29.4 Å². The molecule has 0 saturated carbocycles. The highest BCUT2D eigenvalue weighted by atomic mass is 35.5. The largest absolute Gasteiger partial charge is 0.466 e. The van der Waals surface area contributed by atoms with Crippen LogP contribution in [0.5, 0.6) is 5.75 Å². The molecule has 0 spiro atoms. The second-order valence-corrected chi connectivity index (χ2v) is 6.30. The van der Waals surface area contributed by atoms with Gasteiger partial charge in [0.25, 0.3) is 17.4 Å². The van der Waals surface area contributed by atoms with Crippen LogP contribution in [0.4, 0.5) is 5.69 Å². The van der Waals surface area contributed by atoms with Gasteiger partial charge < -0.3 is 20.3 Å². The van der Waals surface area contributed by atoms with Gasteiger partial charge in [-0.2, -0.15) is 0 Å². The number of anilines is 1. The molecule has 0 fully saturated rings. The molecule has 2 rings (SSSR count). The minimum Gasteiger partial charge on any atom is -0.466 e. The maximum atomic E-state index is 12.5. The second kappa shape index (κ2) is 7.85. The van der Waals surface area contributed by atoms with Gasteiger partial charge in [-0.05, 0) is 51.2 Å². The monoisotopic (exact) mass is 353 g/mol. The fraction of sp³-hybridized carbons (Fsp3) is 0.529. The summed E-state index contributed by atoms with van der Waals surface area (Å²) in [5.41, 5.74) is -1.12. The van der Waals surface area contributed by atoms with Gasteiger partial charge >= 0.3 is 0 Å². The maximum absolute atomic E-state index is 12.5. The number of amides is 2. The van der Waals surface area contributed by atoms with Gasteiger partial charge in [-0.3, -0.25) is 9.59 Å². The Kier molecular flexibility index (Phi) is 6.07. The molecule has 1 aliphatic rings. The number of carbonyl (C=O) groups excluding carboxylic acids is 2. The number of benzene rings is 1. The number of carbonyl (C=O) groups is 2. The van der Waals surface area contributed by atoms with Crippen molar-refractivity contribution in [3.63, 3.8) is 0 Å². The third-order valence-corrected chi connectivity index (χ3v) is 4.44. The van der Waals surface area contributed by atoms with Crippen LogP contribution in [0.15, 0.2) is 18.2 Å². The summed E-state index contributed by atoms with van der Waals surface area (Å²) in [6.07, 6.45) is 0.817. The molecule has 1 unspecified atom stereocenters. The zero-order valence-electron chi connectivity index (χ0n) is 14.3. The van der Waals surface area contributed by atoms with Crippen LogP contribution in [0.25, 0.3) is 0 Å². The van der Waals surface area contributed by atoms with E-state index in [1.54, 1.807) is 18.2 Å². The van der Waals surface area contributed by atoms with Gasteiger partial charge in [0.15, 0.2) is 0 Å². The molecule has 1 atom stereocenters. The highest BCUT2D eigenvalue weighted by Gasteiger charge is 2.47. The smallest absolute Gasteiger partial charge is 0.278 e. The first-order valence-corrected chi connectivity index (χ1v) is 8.59. The Balaban J connectivity index is 1.96. The summed E-state index contributed by atoms with van der Waals surface area (Å²) >= 11 is 5.90. The van der Waals surface area contributed by atoms with Crippen molar-refractivity contribution in [3.8, 4) is 5.75 Å². The molecule has 0 aromatic heterocycles. The predicted molar refractivity (Wildman–Crippen MR) is 94.5 cm³/mol. The molecule has 0 aliphatic carbocycles. The van der Waals surface area contributed by atoms with Crippen molar-refractivity contribution in [2.75, 3.05) is 31.5 Å². The van der Waals surface area contributed by atoms with E-state index in [0.29, 0.717) is 23.0 Å². The van der Waals surface area contributed by atoms with E-state index >= 15 is 0 Å². The molecule has 1 heterocycles. The minimum absolute atomic E-state index is 0.430. The van der Waals surface area contributed by atoms with E-state index in [0.717, 1.165) is 26.1 Å². The van der Waals surface area contributed by atoms with E-state index in [4.69, 9.17) is 16.3 Å². The molecular formula is C17H24ClN3O3. The van der Waals surface area contributed by atoms with Crippen molar-refractivity contribution >= 4 is 29.1 Å². The van der Waals surface area contributed by atoms with Crippen molar-refractivity contribution in [2.24, 2.45) is 0 Å². The molecule has 1 aromatic carbocycles. The van der Waals surface area contributed by atoms with Crippen LogP contribution >= 0.6 is 11.6 Å². The zero-order chi connectivity index (χ0) is 17.7. The van der Waals surface area contributed by atoms with Crippen molar-refractivity contribution in [3.05, 3.63) is 23.2 Å². The van der Waals surface area contributed by atoms with Crippen molar-refractivity contribution < 1.29 is 14.3 Å². The van der Waals surface area contributed by atoms with Gasteiger partial charge in [-0.15, -0.1) is 0 Å². The highest BCUT2D eigenvalue weighted by Crippen LogP contribution is 2.35. The van der Waals surface area contributed by atoms with E-state index in [9.17, 15) is 9.59 Å². The number of hydrogen-bond donors (Lipinski definition) is 2. The van der Waals surface area contributed by atoms with E-state index in [1.165, 1.54) is 6.92 Å². The maximum Gasteiger partial charge on any atom is 0.278 e. The quantitative estimate of drug-likeness (QED) is 0.582. The third-order valence-electron chi connectivity index (χ3n) is 4.20. The average Bonchev–Trinajstić information content (AvgIpc) is 2.56. The number of nitrogens with zero attached hydrogens (tertiary/aromatic N) is 1. The van der Waals surface area contributed by atoms with Crippen LogP contribution < -0.4 is 15.4 Å². The first kappa shape index (κ1) is 18.5. The lowest BCUT2D eigenvalue weighted by molar-refractivity contribution is -0.146. The van der Waals surface area contributed by atoms with Crippen LogP contribution in [-0.2, 0) is 9.59 Å². The van der Waals surface area contributed by atoms with Crippen molar-refractivity contribution in [1.29, 1.82) is 0 Å². The number of halogens is 1. The van der Waals surface area contributed by atoms with Crippen LogP contribution in [0.3, 0.4) is 0 Å². The predicted octanol–water partition coefficient (Wildman–Crippen LogP) is 2.28. The molecule has 0 bridgehead atoms. The normalized spacial score (nSPS) is 19.5. The van der Waals surface area contributed by atoms with Crippen molar-refractivity contribution in [1.82, 2.24) is 10.2 Å². The number of fused-ring (bicyclic) bond motifs is 1. The highest BCUT2D eigenvalue weighted by molar-refractivity contribution is 6.31. The molecule has 2 amide bonds. The molecule has 0 saturated heterocycles. The Hall–Kier alpha value is -1.79. The number of nitrogens with one attached hydrogen (secondary N) is 2. The fourth-order valence-corrected chi connectivity index (χ4v) is 2.73. The zero-order valence-corrected chi connectivity index (χ0v) is 15.1. The Morgan fingerprint density at radius 2 is 2.08 bits per heavy atom. The Labute approximate surface area is 147 Å². The molecule has 6 nitrogen and oxygen atoms in total. The van der Waals surface area contributed by atoms with Crippen LogP contribution in [0.1, 0.15) is 27.2 Å². The SMILES string of the molecule is CCN(CC)CCCNC(=O)C1(C)Oc2ccc(Cl)cc2NC1=O. The molecule has 24 heavy (non-hydrogen) atoms. The molecular weight excluding hydrogens is 330 g/mol. The van der Waals surface area contributed by atoms with Gasteiger partial charge in [-0.1, -0.05) is 25.4 Å². The van der Waals surface area contributed by atoms with Crippen LogP contribution in [-0.4, -0.2) is 48.5 Å². The second-order valence-electron chi connectivity index (χ2n) is 5.87. The fourth-order valence-electron chi connectivity index (χ4n) is 2.56. The third kappa shape index (κ3) is 3.99. The molecule has 0 radical (unpaired) electrons. The summed E-state index contributed by atoms with van der Waals surface area (Å²) in [6.45, 7) is 9.03. The van der Waals surface area contributed by atoms with Crippen LogP contribution in [0.2, 0.25) is 5.02 Å². The van der Waals surface area contributed by atoms with Crippen molar-refractivity contribution in [2.45, 2.75) is 32.8 Å². The molecule has 132 valence electrons. The summed E-state index contributed by atoms with van der Waals surface area (Å²) < 4.78 is 5.68.